The molecule has 7 heteroatoms. The van der Waals surface area contributed by atoms with Gasteiger partial charge in [-0.15, -0.1) is 0 Å². The molecule has 0 fully saturated rings. The molecule has 42 heavy (non-hydrogen) atoms. The van der Waals surface area contributed by atoms with E-state index in [4.69, 9.17) is 20.8 Å². The van der Waals surface area contributed by atoms with Crippen molar-refractivity contribution in [1.82, 2.24) is 9.88 Å². The van der Waals surface area contributed by atoms with Crippen molar-refractivity contribution in [2.45, 2.75) is 31.5 Å². The first-order valence-corrected chi connectivity index (χ1v) is 14.1. The average molecular weight is 560 g/mol. The van der Waals surface area contributed by atoms with E-state index in [1.807, 2.05) is 30.3 Å². The summed E-state index contributed by atoms with van der Waals surface area (Å²) in [5, 5.41) is 1.15. The van der Waals surface area contributed by atoms with Crippen molar-refractivity contribution in [3.8, 4) is 17.2 Å². The van der Waals surface area contributed by atoms with Crippen LogP contribution >= 0.6 is 0 Å². The van der Waals surface area contributed by atoms with E-state index in [1.165, 1.54) is 16.7 Å². The fraction of sp³-hybridized carbons (Fsp3) is 0.229. The van der Waals surface area contributed by atoms with Gasteiger partial charge in [0.1, 0.15) is 18.2 Å². The molecule has 1 aromatic heterocycles. The van der Waals surface area contributed by atoms with Gasteiger partial charge in [0.15, 0.2) is 17.2 Å². The van der Waals surface area contributed by atoms with Gasteiger partial charge in [-0.3, -0.25) is 4.90 Å². The normalized spacial score (nSPS) is 17.6. The first kappa shape index (κ1) is 26.1. The number of hydrogen-bond donors (Lipinski definition) is 1. The van der Waals surface area contributed by atoms with Gasteiger partial charge in [-0.25, -0.2) is 9.24 Å². The quantitative estimate of drug-likeness (QED) is 0.217. The van der Waals surface area contributed by atoms with E-state index in [2.05, 4.69) is 39.0 Å². The molecule has 4 aromatic carbocycles. The maximum atomic E-state index is 14.0. The Morgan fingerprint density at radius 1 is 0.952 bits per heavy atom. The molecule has 5 aromatic rings. The van der Waals surface area contributed by atoms with Gasteiger partial charge in [0.25, 0.3) is 0 Å². The van der Waals surface area contributed by atoms with Crippen molar-refractivity contribution in [3.05, 3.63) is 130 Å². The third kappa shape index (κ3) is 4.45. The summed E-state index contributed by atoms with van der Waals surface area (Å²) in [5.74, 6) is 1.98. The van der Waals surface area contributed by atoms with Gasteiger partial charge < -0.3 is 19.2 Å². The summed E-state index contributed by atoms with van der Waals surface area (Å²) in [6, 6.07) is 24.8. The summed E-state index contributed by atoms with van der Waals surface area (Å²) in [7, 11) is 3.36. The fourth-order valence-electron chi connectivity index (χ4n) is 6.56. The molecule has 2 aliphatic rings. The van der Waals surface area contributed by atoms with Crippen LogP contribution in [0.1, 0.15) is 45.6 Å². The zero-order valence-electron chi connectivity index (χ0n) is 23.5. The third-order valence-corrected chi connectivity index (χ3v) is 8.62. The summed E-state index contributed by atoms with van der Waals surface area (Å²) >= 11 is 0. The van der Waals surface area contributed by atoms with E-state index in [0.29, 0.717) is 23.8 Å². The highest BCUT2D eigenvalue weighted by Gasteiger charge is 2.41. The van der Waals surface area contributed by atoms with E-state index in [1.54, 1.807) is 38.5 Å². The Morgan fingerprint density at radius 3 is 2.50 bits per heavy atom. The lowest BCUT2D eigenvalue weighted by Crippen LogP contribution is -2.43. The summed E-state index contributed by atoms with van der Waals surface area (Å²) in [4.78, 5) is 9.71. The van der Waals surface area contributed by atoms with E-state index in [9.17, 15) is 4.39 Å². The van der Waals surface area contributed by atoms with Crippen LogP contribution in [-0.2, 0) is 19.4 Å². The van der Waals surface area contributed by atoms with Gasteiger partial charge in [0.2, 0.25) is 0 Å². The molecule has 2 unspecified atom stereocenters. The van der Waals surface area contributed by atoms with Gasteiger partial charge in [-0.05, 0) is 83.1 Å². The number of benzene rings is 4. The van der Waals surface area contributed by atoms with Crippen LogP contribution in [0.4, 0.5) is 10.1 Å². The number of nitrogens with one attached hydrogen (secondary N) is 1. The zero-order valence-corrected chi connectivity index (χ0v) is 23.5. The molecule has 0 saturated heterocycles. The number of hydrogen-bond acceptors (Lipinski definition) is 4. The molecular weight excluding hydrogens is 529 g/mol. The Balaban J connectivity index is 1.32. The molecule has 7 rings (SSSR count). The van der Waals surface area contributed by atoms with Crippen molar-refractivity contribution >= 4 is 16.6 Å². The lowest BCUT2D eigenvalue weighted by atomic mass is 9.80. The number of methoxy groups -OCH3 is 2. The molecule has 6 nitrogen and oxygen atoms in total. The van der Waals surface area contributed by atoms with E-state index in [0.717, 1.165) is 52.9 Å². The largest absolute Gasteiger partial charge is 0.497 e. The molecule has 0 bridgehead atoms. The number of fused-ring (bicyclic) bond motifs is 6. The number of aromatic nitrogens is 1. The van der Waals surface area contributed by atoms with Gasteiger partial charge in [0, 0.05) is 29.2 Å². The van der Waals surface area contributed by atoms with Crippen LogP contribution in [0.5, 0.6) is 17.2 Å². The van der Waals surface area contributed by atoms with Gasteiger partial charge >= 0.3 is 0 Å². The SMILES string of the molecule is [C-]#[N+]c1ccc(COc2cc3c(cc2OC)CCN2C3Cc3c([nH]c4ccc(OC)cc34)C2c2ccc(F)cc2)cc1. The molecule has 0 aliphatic carbocycles. The summed E-state index contributed by atoms with van der Waals surface area (Å²) in [6.07, 6.45) is 1.68. The van der Waals surface area contributed by atoms with Gasteiger partial charge in [-0.2, -0.15) is 0 Å². The first-order chi connectivity index (χ1) is 20.6. The third-order valence-electron chi connectivity index (χ3n) is 8.62. The second-order valence-corrected chi connectivity index (χ2v) is 10.9. The Kier molecular flexibility index (Phi) is 6.56. The molecule has 0 saturated carbocycles. The molecule has 2 atom stereocenters. The second kappa shape index (κ2) is 10.6. The van der Waals surface area contributed by atoms with Crippen LogP contribution in [0.15, 0.2) is 78.9 Å². The van der Waals surface area contributed by atoms with Crippen LogP contribution in [0.2, 0.25) is 0 Å². The first-order valence-electron chi connectivity index (χ1n) is 14.1. The highest BCUT2D eigenvalue weighted by molar-refractivity contribution is 5.87. The van der Waals surface area contributed by atoms with Crippen molar-refractivity contribution in [2.24, 2.45) is 0 Å². The molecule has 0 amide bonds. The van der Waals surface area contributed by atoms with Crippen molar-refractivity contribution in [3.63, 3.8) is 0 Å². The number of nitrogens with zero attached hydrogens (tertiary/aromatic N) is 2. The molecule has 2 aliphatic heterocycles. The van der Waals surface area contributed by atoms with Crippen LogP contribution in [0, 0.1) is 12.4 Å². The highest BCUT2D eigenvalue weighted by atomic mass is 19.1. The smallest absolute Gasteiger partial charge is 0.187 e. The number of halogens is 1. The van der Waals surface area contributed by atoms with Crippen LogP contribution in [-0.4, -0.2) is 30.6 Å². The van der Waals surface area contributed by atoms with Crippen molar-refractivity contribution in [2.75, 3.05) is 20.8 Å². The standard InChI is InChI=1S/C35H30FN3O3/c1-37-25-10-4-21(5-11-25)20-42-33-19-27-23(16-32(33)41-3)14-15-39-31(27)18-29-28-17-26(40-2)12-13-30(28)38-34(29)35(39)22-6-8-24(36)9-7-22/h4-13,16-17,19,31,35,38H,14-15,18,20H2,2-3H3. The van der Waals surface area contributed by atoms with Crippen molar-refractivity contribution < 1.29 is 18.6 Å². The van der Waals surface area contributed by atoms with Crippen LogP contribution in [0.25, 0.3) is 15.7 Å². The van der Waals surface area contributed by atoms with Gasteiger partial charge in [0.05, 0.1) is 26.8 Å². The molecule has 3 heterocycles. The molecule has 0 radical (unpaired) electrons. The number of ether oxygens (including phenoxy) is 3. The van der Waals surface area contributed by atoms with Crippen LogP contribution < -0.4 is 14.2 Å². The number of rotatable bonds is 6. The molecule has 210 valence electrons. The molecule has 1 N–H and O–H groups in total. The number of aromatic amines is 1. The maximum Gasteiger partial charge on any atom is 0.187 e. The molecular formula is C35H30FN3O3. The zero-order chi connectivity index (χ0) is 28.8. The summed E-state index contributed by atoms with van der Waals surface area (Å²) < 4.78 is 31.7. The Morgan fingerprint density at radius 2 is 1.76 bits per heavy atom. The summed E-state index contributed by atoms with van der Waals surface area (Å²) in [6.45, 7) is 8.42. The lowest BCUT2D eigenvalue weighted by Gasteiger charge is -2.46. The minimum atomic E-state index is -0.241. The highest BCUT2D eigenvalue weighted by Crippen LogP contribution is 2.50. The topological polar surface area (TPSA) is 51.1 Å². The van der Waals surface area contributed by atoms with Gasteiger partial charge in [-0.1, -0.05) is 36.4 Å². The fourth-order valence-corrected chi connectivity index (χ4v) is 6.56. The van der Waals surface area contributed by atoms with E-state index >= 15 is 0 Å². The molecule has 0 spiro atoms. The van der Waals surface area contributed by atoms with Crippen LogP contribution in [0.3, 0.4) is 0 Å². The maximum absolute atomic E-state index is 14.0. The number of H-pyrrole nitrogens is 1. The van der Waals surface area contributed by atoms with E-state index in [-0.39, 0.29) is 17.9 Å². The predicted octanol–water partition coefficient (Wildman–Crippen LogP) is 7.70. The lowest BCUT2D eigenvalue weighted by molar-refractivity contribution is 0.127. The average Bonchev–Trinajstić information content (AvgIpc) is 3.40. The summed E-state index contributed by atoms with van der Waals surface area (Å²) in [5.41, 5.74) is 8.58. The Hall–Kier alpha value is -4.80. The Labute approximate surface area is 244 Å². The monoisotopic (exact) mass is 559 g/mol. The second-order valence-electron chi connectivity index (χ2n) is 10.9. The van der Waals surface area contributed by atoms with Crippen molar-refractivity contribution in [1.29, 1.82) is 0 Å². The minimum absolute atomic E-state index is 0.0571. The van der Waals surface area contributed by atoms with E-state index < -0.39 is 0 Å². The minimum Gasteiger partial charge on any atom is -0.497 e. The Bertz CT molecular complexity index is 1820. The predicted molar refractivity (Wildman–Crippen MR) is 160 cm³/mol.